The van der Waals surface area contributed by atoms with Crippen molar-refractivity contribution >= 4 is 28.8 Å². The van der Waals surface area contributed by atoms with Gasteiger partial charge in [-0.1, -0.05) is 29.9 Å². The van der Waals surface area contributed by atoms with Crippen molar-refractivity contribution in [2.75, 3.05) is 0 Å². The van der Waals surface area contributed by atoms with E-state index in [9.17, 15) is 0 Å². The fraction of sp³-hybridized carbons (Fsp3) is 0.0769. The summed E-state index contributed by atoms with van der Waals surface area (Å²) in [5.74, 6) is 0.582. The molecule has 1 heterocycles. The number of thiocarbonyl (C=S) groups is 1. The Kier molecular flexibility index (Phi) is 4.12. The van der Waals surface area contributed by atoms with E-state index >= 15 is 0 Å². The first-order valence-electron chi connectivity index (χ1n) is 5.28. The molecule has 5 heteroatoms. The van der Waals surface area contributed by atoms with Gasteiger partial charge in [0, 0.05) is 23.0 Å². The number of halogens is 1. The maximum Gasteiger partial charge on any atom is 0.131 e. The Hall–Kier alpha value is -1.65. The van der Waals surface area contributed by atoms with Crippen molar-refractivity contribution in [2.24, 2.45) is 5.73 Å². The summed E-state index contributed by atoms with van der Waals surface area (Å²) in [5.41, 5.74) is 7.27. The van der Waals surface area contributed by atoms with Crippen molar-refractivity contribution < 1.29 is 4.74 Å². The zero-order valence-electron chi connectivity index (χ0n) is 9.47. The second-order valence-corrected chi connectivity index (χ2v) is 4.53. The summed E-state index contributed by atoms with van der Waals surface area (Å²) in [5, 5.41) is 0.580. The quantitative estimate of drug-likeness (QED) is 0.874. The summed E-state index contributed by atoms with van der Waals surface area (Å²) >= 11 is 10.9. The number of benzene rings is 1. The Morgan fingerprint density at radius 3 is 2.89 bits per heavy atom. The third-order valence-electron chi connectivity index (χ3n) is 2.33. The number of pyridine rings is 1. The second-order valence-electron chi connectivity index (χ2n) is 3.65. The van der Waals surface area contributed by atoms with E-state index in [1.165, 1.54) is 0 Å². The van der Waals surface area contributed by atoms with Crippen LogP contribution in [0.15, 0.2) is 42.7 Å². The molecule has 0 bridgehead atoms. The molecule has 1 aromatic carbocycles. The van der Waals surface area contributed by atoms with Crippen molar-refractivity contribution in [3.63, 3.8) is 0 Å². The fourth-order valence-electron chi connectivity index (χ4n) is 1.46. The maximum atomic E-state index is 5.93. The van der Waals surface area contributed by atoms with Crippen molar-refractivity contribution in [3.05, 3.63) is 58.9 Å². The summed E-state index contributed by atoms with van der Waals surface area (Å²) in [7, 11) is 0. The van der Waals surface area contributed by atoms with Gasteiger partial charge < -0.3 is 10.5 Å². The largest absolute Gasteiger partial charge is 0.488 e. The first kappa shape index (κ1) is 12.8. The molecule has 2 aromatic rings. The van der Waals surface area contributed by atoms with Crippen LogP contribution < -0.4 is 10.5 Å². The van der Waals surface area contributed by atoms with E-state index in [4.69, 9.17) is 34.3 Å². The first-order chi connectivity index (χ1) is 8.66. The van der Waals surface area contributed by atoms with Gasteiger partial charge in [0.2, 0.25) is 0 Å². The predicted octanol–water partition coefficient (Wildman–Crippen LogP) is 2.95. The molecule has 0 fully saturated rings. The summed E-state index contributed by atoms with van der Waals surface area (Å²) < 4.78 is 5.67. The third kappa shape index (κ3) is 3.18. The van der Waals surface area contributed by atoms with Gasteiger partial charge in [-0.05, 0) is 24.3 Å². The molecular weight excluding hydrogens is 268 g/mol. The van der Waals surface area contributed by atoms with E-state index in [2.05, 4.69) is 4.98 Å². The molecule has 0 saturated carbocycles. The van der Waals surface area contributed by atoms with Gasteiger partial charge in [-0.3, -0.25) is 4.98 Å². The van der Waals surface area contributed by atoms with Crippen LogP contribution in [0.4, 0.5) is 0 Å². The van der Waals surface area contributed by atoms with E-state index in [0.717, 1.165) is 5.56 Å². The number of hydrogen-bond acceptors (Lipinski definition) is 3. The van der Waals surface area contributed by atoms with Crippen LogP contribution in [-0.4, -0.2) is 9.97 Å². The van der Waals surface area contributed by atoms with Gasteiger partial charge in [0.1, 0.15) is 17.3 Å². The topological polar surface area (TPSA) is 48.1 Å². The van der Waals surface area contributed by atoms with Crippen molar-refractivity contribution in [2.45, 2.75) is 6.61 Å². The molecule has 18 heavy (non-hydrogen) atoms. The number of nitrogens with two attached hydrogens (primary N) is 1. The first-order valence-corrected chi connectivity index (χ1v) is 6.06. The van der Waals surface area contributed by atoms with Crippen LogP contribution in [0.5, 0.6) is 5.75 Å². The molecule has 92 valence electrons. The summed E-state index contributed by atoms with van der Waals surface area (Å²) in [6.45, 7) is 0.393. The van der Waals surface area contributed by atoms with E-state index < -0.39 is 0 Å². The molecule has 0 spiro atoms. The highest BCUT2D eigenvalue weighted by atomic mass is 35.5. The molecule has 1 aromatic heterocycles. The Balaban J connectivity index is 2.18. The Labute approximate surface area is 116 Å². The van der Waals surface area contributed by atoms with Gasteiger partial charge >= 0.3 is 0 Å². The van der Waals surface area contributed by atoms with Crippen LogP contribution in [0.1, 0.15) is 11.1 Å². The molecule has 0 aliphatic carbocycles. The van der Waals surface area contributed by atoms with Crippen LogP contribution in [0.25, 0.3) is 0 Å². The number of rotatable bonds is 4. The standard InChI is InChI=1S/C13H11ClN2OS/c14-10-3-4-11(13(15)18)12(6-10)17-8-9-2-1-5-16-7-9/h1-7H,8H2,(H2,15,18). The van der Waals surface area contributed by atoms with Crippen LogP contribution in [0, 0.1) is 0 Å². The molecule has 2 N–H and O–H groups in total. The molecule has 0 atom stereocenters. The number of nitrogens with zero attached hydrogens (tertiary/aromatic N) is 1. The zero-order valence-corrected chi connectivity index (χ0v) is 11.0. The van der Waals surface area contributed by atoms with Gasteiger partial charge in [-0.2, -0.15) is 0 Å². The predicted molar refractivity (Wildman–Crippen MR) is 75.9 cm³/mol. The van der Waals surface area contributed by atoms with Crippen molar-refractivity contribution in [1.82, 2.24) is 4.98 Å². The second kappa shape index (κ2) is 5.80. The van der Waals surface area contributed by atoms with E-state index in [1.54, 1.807) is 30.6 Å². The minimum absolute atomic E-state index is 0.285. The fourth-order valence-corrected chi connectivity index (χ4v) is 1.79. The average Bonchev–Trinajstić information content (AvgIpc) is 2.37. The van der Waals surface area contributed by atoms with Crippen LogP contribution in [0.3, 0.4) is 0 Å². The number of ether oxygens (including phenoxy) is 1. The monoisotopic (exact) mass is 278 g/mol. The van der Waals surface area contributed by atoms with E-state index in [1.807, 2.05) is 12.1 Å². The van der Waals surface area contributed by atoms with Crippen molar-refractivity contribution in [3.8, 4) is 5.75 Å². The lowest BCUT2D eigenvalue weighted by molar-refractivity contribution is 0.305. The Morgan fingerprint density at radius 1 is 1.39 bits per heavy atom. The Morgan fingerprint density at radius 2 is 2.22 bits per heavy atom. The molecule has 3 nitrogen and oxygen atoms in total. The highest BCUT2D eigenvalue weighted by molar-refractivity contribution is 7.80. The van der Waals surface area contributed by atoms with E-state index in [0.29, 0.717) is 22.9 Å². The summed E-state index contributed by atoms with van der Waals surface area (Å²) in [6, 6.07) is 8.96. The van der Waals surface area contributed by atoms with Crippen molar-refractivity contribution in [1.29, 1.82) is 0 Å². The van der Waals surface area contributed by atoms with Crippen LogP contribution in [-0.2, 0) is 6.61 Å². The minimum atomic E-state index is 0.285. The summed E-state index contributed by atoms with van der Waals surface area (Å²) in [6.07, 6.45) is 3.45. The average molecular weight is 279 g/mol. The molecule has 0 saturated heterocycles. The van der Waals surface area contributed by atoms with Gasteiger partial charge in [-0.15, -0.1) is 0 Å². The highest BCUT2D eigenvalue weighted by Gasteiger charge is 2.07. The smallest absolute Gasteiger partial charge is 0.131 e. The molecule has 0 aliphatic heterocycles. The molecule has 2 rings (SSSR count). The molecule has 0 aliphatic rings. The van der Waals surface area contributed by atoms with Crippen LogP contribution in [0.2, 0.25) is 5.02 Å². The van der Waals surface area contributed by atoms with Gasteiger partial charge in [-0.25, -0.2) is 0 Å². The number of hydrogen-bond donors (Lipinski definition) is 1. The Bertz CT molecular complexity index is 560. The maximum absolute atomic E-state index is 5.93. The highest BCUT2D eigenvalue weighted by Crippen LogP contribution is 2.24. The van der Waals surface area contributed by atoms with Gasteiger partial charge in [0.25, 0.3) is 0 Å². The molecule has 0 unspecified atom stereocenters. The SMILES string of the molecule is NC(=S)c1ccc(Cl)cc1OCc1cccnc1. The normalized spacial score (nSPS) is 10.1. The lowest BCUT2D eigenvalue weighted by Gasteiger charge is -2.10. The molecule has 0 amide bonds. The third-order valence-corrected chi connectivity index (χ3v) is 2.78. The summed E-state index contributed by atoms with van der Waals surface area (Å²) in [4.78, 5) is 4.30. The number of aromatic nitrogens is 1. The minimum Gasteiger partial charge on any atom is -0.488 e. The lowest BCUT2D eigenvalue weighted by atomic mass is 10.2. The van der Waals surface area contributed by atoms with E-state index in [-0.39, 0.29) is 4.99 Å². The zero-order chi connectivity index (χ0) is 13.0. The lowest BCUT2D eigenvalue weighted by Crippen LogP contribution is -2.11. The van der Waals surface area contributed by atoms with Gasteiger partial charge in [0.05, 0.1) is 5.56 Å². The van der Waals surface area contributed by atoms with Crippen LogP contribution >= 0.6 is 23.8 Å². The van der Waals surface area contributed by atoms with Gasteiger partial charge in [0.15, 0.2) is 0 Å². The molecular formula is C13H11ClN2OS. The molecule has 0 radical (unpaired) electrons.